The average Bonchev–Trinajstić information content (AvgIpc) is 3.12. The Hall–Kier alpha value is -2.63. The van der Waals surface area contributed by atoms with E-state index in [2.05, 4.69) is 33.0 Å². The number of thiazole rings is 1. The highest BCUT2D eigenvalue weighted by Crippen LogP contribution is 2.35. The normalized spacial score (nSPS) is 15.6. The Morgan fingerprint density at radius 2 is 1.79 bits per heavy atom. The van der Waals surface area contributed by atoms with Crippen molar-refractivity contribution in [1.82, 2.24) is 9.88 Å². The van der Waals surface area contributed by atoms with Crippen LogP contribution in [0.1, 0.15) is 16.7 Å². The standard InChI is InChI=1S/C21H19F3N4S/c22-21(23,24)17-4-5-18-19(13-17)29-20(26-18)28-10-8-27(9-11-28)14-16-3-1-2-15(12-16)6-7-25/h1-5,12-13H,6,8-11,14H2. The van der Waals surface area contributed by atoms with Crippen LogP contribution in [0, 0.1) is 11.3 Å². The van der Waals surface area contributed by atoms with Crippen molar-refractivity contribution in [2.75, 3.05) is 31.1 Å². The first-order valence-corrected chi connectivity index (χ1v) is 10.1. The van der Waals surface area contributed by atoms with Crippen molar-refractivity contribution in [1.29, 1.82) is 5.26 Å². The Morgan fingerprint density at radius 1 is 1.03 bits per heavy atom. The van der Waals surface area contributed by atoms with Crippen molar-refractivity contribution in [3.63, 3.8) is 0 Å². The van der Waals surface area contributed by atoms with Gasteiger partial charge in [-0.3, -0.25) is 4.90 Å². The van der Waals surface area contributed by atoms with E-state index in [1.54, 1.807) is 0 Å². The molecule has 1 aliphatic rings. The van der Waals surface area contributed by atoms with Gasteiger partial charge in [0.2, 0.25) is 0 Å². The van der Waals surface area contributed by atoms with Gasteiger partial charge in [0.05, 0.1) is 28.3 Å². The van der Waals surface area contributed by atoms with E-state index in [9.17, 15) is 13.2 Å². The van der Waals surface area contributed by atoms with Gasteiger partial charge in [0, 0.05) is 32.7 Å². The average molecular weight is 416 g/mol. The second kappa shape index (κ2) is 8.01. The molecule has 29 heavy (non-hydrogen) atoms. The summed E-state index contributed by atoms with van der Waals surface area (Å²) in [6, 6.07) is 14.0. The Balaban J connectivity index is 1.40. The van der Waals surface area contributed by atoms with Crippen molar-refractivity contribution in [3.05, 3.63) is 59.2 Å². The van der Waals surface area contributed by atoms with E-state index in [0.29, 0.717) is 16.6 Å². The highest BCUT2D eigenvalue weighted by molar-refractivity contribution is 7.22. The summed E-state index contributed by atoms with van der Waals surface area (Å²) in [5, 5.41) is 9.62. The van der Waals surface area contributed by atoms with E-state index in [1.807, 2.05) is 12.1 Å². The molecule has 0 amide bonds. The maximum atomic E-state index is 12.9. The predicted molar refractivity (Wildman–Crippen MR) is 108 cm³/mol. The van der Waals surface area contributed by atoms with Crippen LogP contribution in [0.5, 0.6) is 0 Å². The van der Waals surface area contributed by atoms with Crippen LogP contribution in [0.15, 0.2) is 42.5 Å². The number of hydrogen-bond donors (Lipinski definition) is 0. The van der Waals surface area contributed by atoms with Crippen molar-refractivity contribution < 1.29 is 13.2 Å². The summed E-state index contributed by atoms with van der Waals surface area (Å²) >= 11 is 1.31. The van der Waals surface area contributed by atoms with Gasteiger partial charge < -0.3 is 4.90 Å². The van der Waals surface area contributed by atoms with Gasteiger partial charge >= 0.3 is 6.18 Å². The van der Waals surface area contributed by atoms with Gasteiger partial charge in [0.25, 0.3) is 0 Å². The highest BCUT2D eigenvalue weighted by atomic mass is 32.1. The smallest absolute Gasteiger partial charge is 0.345 e. The van der Waals surface area contributed by atoms with Gasteiger partial charge in [-0.2, -0.15) is 18.4 Å². The third-order valence-corrected chi connectivity index (χ3v) is 6.11. The summed E-state index contributed by atoms with van der Waals surface area (Å²) in [5.41, 5.74) is 2.18. The molecule has 0 radical (unpaired) electrons. The lowest BCUT2D eigenvalue weighted by Gasteiger charge is -2.34. The molecule has 0 spiro atoms. The molecule has 1 aromatic heterocycles. The van der Waals surface area contributed by atoms with Crippen LogP contribution < -0.4 is 4.90 Å². The molecule has 150 valence electrons. The number of fused-ring (bicyclic) bond motifs is 1. The van der Waals surface area contributed by atoms with E-state index < -0.39 is 11.7 Å². The van der Waals surface area contributed by atoms with Crippen LogP contribution in [0.25, 0.3) is 10.2 Å². The van der Waals surface area contributed by atoms with Crippen molar-refractivity contribution in [2.24, 2.45) is 0 Å². The summed E-state index contributed by atoms with van der Waals surface area (Å²) in [7, 11) is 0. The molecule has 3 aromatic rings. The first kappa shape index (κ1) is 19.7. The molecule has 4 rings (SSSR count). The topological polar surface area (TPSA) is 43.2 Å². The second-order valence-electron chi connectivity index (χ2n) is 7.09. The molecule has 0 atom stereocenters. The van der Waals surface area contributed by atoms with Crippen LogP contribution in [0.4, 0.5) is 18.3 Å². The van der Waals surface area contributed by atoms with Gasteiger partial charge in [-0.25, -0.2) is 4.98 Å². The quantitative estimate of drug-likeness (QED) is 0.618. The fourth-order valence-electron chi connectivity index (χ4n) is 3.51. The lowest BCUT2D eigenvalue weighted by molar-refractivity contribution is -0.137. The molecule has 2 aromatic carbocycles. The zero-order chi connectivity index (χ0) is 20.4. The first-order valence-electron chi connectivity index (χ1n) is 9.32. The molecule has 1 aliphatic heterocycles. The molecule has 0 N–H and O–H groups in total. The number of nitrogens with zero attached hydrogens (tertiary/aromatic N) is 4. The third kappa shape index (κ3) is 4.52. The predicted octanol–water partition coefficient (Wildman–Crippen LogP) is 4.70. The van der Waals surface area contributed by atoms with Crippen LogP contribution in [0.2, 0.25) is 0 Å². The molecule has 4 nitrogen and oxygen atoms in total. The number of hydrogen-bond acceptors (Lipinski definition) is 5. The Kier molecular flexibility index (Phi) is 5.43. The summed E-state index contributed by atoms with van der Waals surface area (Å²) in [5.74, 6) is 0. The minimum absolute atomic E-state index is 0.412. The molecule has 2 heterocycles. The van der Waals surface area contributed by atoms with Gasteiger partial charge in [-0.05, 0) is 29.3 Å². The molecular formula is C21H19F3N4S. The van der Waals surface area contributed by atoms with Crippen molar-refractivity contribution >= 4 is 26.7 Å². The zero-order valence-electron chi connectivity index (χ0n) is 15.6. The van der Waals surface area contributed by atoms with Gasteiger partial charge in [0.1, 0.15) is 0 Å². The zero-order valence-corrected chi connectivity index (χ0v) is 16.4. The van der Waals surface area contributed by atoms with Gasteiger partial charge in [-0.1, -0.05) is 35.6 Å². The van der Waals surface area contributed by atoms with E-state index in [1.165, 1.54) is 29.0 Å². The van der Waals surface area contributed by atoms with Crippen molar-refractivity contribution in [3.8, 4) is 6.07 Å². The molecule has 0 bridgehead atoms. The fraction of sp³-hybridized carbons (Fsp3) is 0.333. The SMILES string of the molecule is N#CCc1cccc(CN2CCN(c3nc4ccc(C(F)(F)F)cc4s3)CC2)c1. The maximum Gasteiger partial charge on any atom is 0.416 e. The third-order valence-electron chi connectivity index (χ3n) is 5.03. The van der Waals surface area contributed by atoms with E-state index in [0.717, 1.165) is 49.5 Å². The largest absolute Gasteiger partial charge is 0.416 e. The van der Waals surface area contributed by atoms with Gasteiger partial charge in [-0.15, -0.1) is 0 Å². The maximum absolute atomic E-state index is 12.9. The van der Waals surface area contributed by atoms with Crippen LogP contribution in [-0.2, 0) is 19.1 Å². The second-order valence-corrected chi connectivity index (χ2v) is 8.10. The number of alkyl halides is 3. The first-order chi connectivity index (χ1) is 13.9. The van der Waals surface area contributed by atoms with Crippen LogP contribution in [0.3, 0.4) is 0 Å². The number of rotatable bonds is 4. The lowest BCUT2D eigenvalue weighted by Crippen LogP contribution is -2.45. The lowest BCUT2D eigenvalue weighted by atomic mass is 10.1. The van der Waals surface area contributed by atoms with Crippen molar-refractivity contribution in [2.45, 2.75) is 19.1 Å². The summed E-state index contributed by atoms with van der Waals surface area (Å²) in [6.45, 7) is 4.09. The molecular weight excluding hydrogens is 397 g/mol. The molecule has 0 unspecified atom stereocenters. The number of nitriles is 1. The van der Waals surface area contributed by atoms with E-state index >= 15 is 0 Å². The monoisotopic (exact) mass is 416 g/mol. The van der Waals surface area contributed by atoms with E-state index in [4.69, 9.17) is 5.26 Å². The summed E-state index contributed by atoms with van der Waals surface area (Å²) < 4.78 is 39.3. The minimum atomic E-state index is -4.34. The number of benzene rings is 2. The highest BCUT2D eigenvalue weighted by Gasteiger charge is 2.31. The summed E-state index contributed by atoms with van der Waals surface area (Å²) in [4.78, 5) is 9.01. The molecule has 0 aliphatic carbocycles. The van der Waals surface area contributed by atoms with Crippen LogP contribution in [-0.4, -0.2) is 36.1 Å². The molecule has 1 saturated heterocycles. The van der Waals surface area contributed by atoms with E-state index in [-0.39, 0.29) is 0 Å². The number of piperazine rings is 1. The number of aromatic nitrogens is 1. The number of anilines is 1. The molecule has 1 fully saturated rings. The fourth-order valence-corrected chi connectivity index (χ4v) is 4.57. The number of halogens is 3. The Labute approximate surface area is 170 Å². The molecule has 0 saturated carbocycles. The Bertz CT molecular complexity index is 1050. The minimum Gasteiger partial charge on any atom is -0.345 e. The molecule has 8 heteroatoms. The van der Waals surface area contributed by atoms with Gasteiger partial charge in [0.15, 0.2) is 5.13 Å². The summed E-state index contributed by atoms with van der Waals surface area (Å²) in [6.07, 6.45) is -3.93. The Morgan fingerprint density at radius 3 is 2.52 bits per heavy atom. The van der Waals surface area contributed by atoms with Crippen LogP contribution >= 0.6 is 11.3 Å².